The molecule has 0 fully saturated rings. The fourth-order valence-electron chi connectivity index (χ4n) is 1.36. The lowest BCUT2D eigenvalue weighted by Crippen LogP contribution is -2.50. The molecule has 0 radical (unpaired) electrons. The van der Waals surface area contributed by atoms with Crippen LogP contribution in [0.25, 0.3) is 0 Å². The van der Waals surface area contributed by atoms with E-state index in [4.69, 9.17) is 5.84 Å². The minimum atomic E-state index is -3.89. The first-order chi connectivity index (χ1) is 9.55. The van der Waals surface area contributed by atoms with E-state index in [9.17, 15) is 13.2 Å². The molecule has 0 saturated heterocycles. The van der Waals surface area contributed by atoms with Gasteiger partial charge in [0.15, 0.2) is 0 Å². The number of hydrogen-bond acceptors (Lipinski definition) is 7. The minimum Gasteiger partial charge on any atom is -0.350 e. The van der Waals surface area contributed by atoms with Crippen molar-refractivity contribution < 1.29 is 13.2 Å². The van der Waals surface area contributed by atoms with Gasteiger partial charge < -0.3 is 5.32 Å². The molecule has 0 aliphatic carbocycles. The van der Waals surface area contributed by atoms with E-state index in [1.165, 1.54) is 6.92 Å². The van der Waals surface area contributed by atoms with Gasteiger partial charge in [-0.25, -0.2) is 24.2 Å². The highest BCUT2D eigenvalue weighted by atomic mass is 32.2. The molecule has 1 amide bonds. The number of carbonyl (C=O) groups is 1. The first-order valence-electron chi connectivity index (χ1n) is 6.18. The quantitative estimate of drug-likeness (QED) is 0.418. The number of nitrogens with zero attached hydrogens (tertiary/aromatic N) is 2. The third-order valence-electron chi connectivity index (χ3n) is 2.29. The average molecular weight is 316 g/mol. The van der Waals surface area contributed by atoms with Crippen molar-refractivity contribution in [1.29, 1.82) is 0 Å². The van der Waals surface area contributed by atoms with Crippen LogP contribution in [0.15, 0.2) is 17.3 Å². The van der Waals surface area contributed by atoms with Crippen molar-refractivity contribution in [3.05, 3.63) is 12.4 Å². The van der Waals surface area contributed by atoms with Gasteiger partial charge in [0.05, 0.1) is 18.4 Å². The zero-order valence-corrected chi connectivity index (χ0v) is 13.2. The van der Waals surface area contributed by atoms with Crippen LogP contribution in [0.1, 0.15) is 27.7 Å². The van der Waals surface area contributed by atoms with Crippen molar-refractivity contribution in [2.75, 3.05) is 5.43 Å². The standard InChI is InChI=1S/C11H20N6O3S/c1-7(9(18)15-11(2,3)4)17-21(19,20)8-5-13-10(16-12)14-6-8/h5-7,17H,12H2,1-4H3,(H,15,18)(H,13,14,16). The summed E-state index contributed by atoms with van der Waals surface area (Å²) in [6.07, 6.45) is 2.19. The highest BCUT2D eigenvalue weighted by Gasteiger charge is 2.25. The van der Waals surface area contributed by atoms with Crippen LogP contribution < -0.4 is 21.3 Å². The van der Waals surface area contributed by atoms with Gasteiger partial charge in [-0.05, 0) is 27.7 Å². The van der Waals surface area contributed by atoms with E-state index in [1.807, 2.05) is 0 Å². The predicted molar refractivity (Wildman–Crippen MR) is 77.5 cm³/mol. The molecule has 1 aromatic heterocycles. The van der Waals surface area contributed by atoms with Crippen molar-refractivity contribution in [1.82, 2.24) is 20.0 Å². The molecule has 1 atom stereocenters. The zero-order chi connectivity index (χ0) is 16.3. The maximum atomic E-state index is 12.1. The lowest BCUT2D eigenvalue weighted by atomic mass is 10.1. The highest BCUT2D eigenvalue weighted by molar-refractivity contribution is 7.89. The van der Waals surface area contributed by atoms with Crippen molar-refractivity contribution in [3.8, 4) is 0 Å². The number of sulfonamides is 1. The fourth-order valence-corrected chi connectivity index (χ4v) is 2.45. The maximum absolute atomic E-state index is 12.1. The summed E-state index contributed by atoms with van der Waals surface area (Å²) in [5.74, 6) is 4.76. The topological polar surface area (TPSA) is 139 Å². The number of nitrogen functional groups attached to an aromatic ring is 1. The monoisotopic (exact) mass is 316 g/mol. The maximum Gasteiger partial charge on any atom is 0.244 e. The minimum absolute atomic E-state index is 0.0903. The second kappa shape index (κ2) is 6.33. The largest absolute Gasteiger partial charge is 0.350 e. The molecular formula is C11H20N6O3S. The summed E-state index contributed by atoms with van der Waals surface area (Å²) >= 11 is 0. The van der Waals surface area contributed by atoms with E-state index in [1.54, 1.807) is 20.8 Å². The molecule has 10 heteroatoms. The molecule has 0 bridgehead atoms. The molecular weight excluding hydrogens is 296 g/mol. The highest BCUT2D eigenvalue weighted by Crippen LogP contribution is 2.08. The Morgan fingerprint density at radius 1 is 1.29 bits per heavy atom. The Bertz CT molecular complexity index is 593. The third kappa shape index (κ3) is 5.25. The van der Waals surface area contributed by atoms with Gasteiger partial charge in [-0.3, -0.25) is 10.2 Å². The number of aromatic nitrogens is 2. The summed E-state index contributed by atoms with van der Waals surface area (Å²) < 4.78 is 26.4. The Morgan fingerprint density at radius 2 is 1.81 bits per heavy atom. The number of amides is 1. The SMILES string of the molecule is CC(NS(=O)(=O)c1cnc(NN)nc1)C(=O)NC(C)(C)C. The second-order valence-electron chi connectivity index (χ2n) is 5.47. The average Bonchev–Trinajstić information content (AvgIpc) is 2.36. The van der Waals surface area contributed by atoms with E-state index >= 15 is 0 Å². The second-order valence-corrected chi connectivity index (χ2v) is 7.18. The van der Waals surface area contributed by atoms with Gasteiger partial charge in [0.1, 0.15) is 4.90 Å². The zero-order valence-electron chi connectivity index (χ0n) is 12.3. The number of anilines is 1. The van der Waals surface area contributed by atoms with Crippen molar-refractivity contribution >= 4 is 21.9 Å². The third-order valence-corrected chi connectivity index (χ3v) is 3.79. The Labute approximate surface area is 123 Å². The summed E-state index contributed by atoms with van der Waals surface area (Å²) in [7, 11) is -3.89. The molecule has 1 rings (SSSR count). The molecule has 0 aliphatic rings. The Balaban J connectivity index is 2.81. The number of hydrogen-bond donors (Lipinski definition) is 4. The fraction of sp³-hybridized carbons (Fsp3) is 0.545. The molecule has 1 heterocycles. The molecule has 21 heavy (non-hydrogen) atoms. The van der Waals surface area contributed by atoms with Gasteiger partial charge in [-0.1, -0.05) is 0 Å². The van der Waals surface area contributed by atoms with Crippen molar-refractivity contribution in [3.63, 3.8) is 0 Å². The first-order valence-corrected chi connectivity index (χ1v) is 7.66. The summed E-state index contributed by atoms with van der Waals surface area (Å²) in [5.41, 5.74) is 1.74. The van der Waals surface area contributed by atoms with Crippen LogP contribution >= 0.6 is 0 Å². The van der Waals surface area contributed by atoms with Crippen LogP contribution in [0.4, 0.5) is 5.95 Å². The Morgan fingerprint density at radius 3 is 2.24 bits per heavy atom. The Hall–Kier alpha value is -1.78. The number of carbonyl (C=O) groups excluding carboxylic acids is 1. The first kappa shape index (κ1) is 17.3. The summed E-state index contributed by atoms with van der Waals surface area (Å²) in [6, 6.07) is -0.929. The van der Waals surface area contributed by atoms with E-state index in [2.05, 4.69) is 25.4 Å². The van der Waals surface area contributed by atoms with Crippen LogP contribution in [-0.4, -0.2) is 35.9 Å². The lowest BCUT2D eigenvalue weighted by molar-refractivity contribution is -0.123. The number of nitrogens with two attached hydrogens (primary N) is 1. The molecule has 118 valence electrons. The number of hydrazine groups is 1. The molecule has 0 aromatic carbocycles. The Kier molecular flexibility index (Phi) is 5.20. The van der Waals surface area contributed by atoms with Crippen LogP contribution in [0.2, 0.25) is 0 Å². The summed E-state index contributed by atoms with van der Waals surface area (Å²) in [4.78, 5) is 19.1. The van der Waals surface area contributed by atoms with Crippen LogP contribution in [0.5, 0.6) is 0 Å². The molecule has 0 saturated carbocycles. The van der Waals surface area contributed by atoms with Crippen LogP contribution in [0.3, 0.4) is 0 Å². The number of nitrogens with one attached hydrogen (secondary N) is 3. The van der Waals surface area contributed by atoms with Gasteiger partial charge in [0.25, 0.3) is 0 Å². The van der Waals surface area contributed by atoms with Crippen LogP contribution in [0, 0.1) is 0 Å². The normalized spacial score (nSPS) is 13.6. The van der Waals surface area contributed by atoms with E-state index in [0.717, 1.165) is 12.4 Å². The molecule has 9 nitrogen and oxygen atoms in total. The van der Waals surface area contributed by atoms with Crippen molar-refractivity contribution in [2.24, 2.45) is 5.84 Å². The van der Waals surface area contributed by atoms with E-state index in [-0.39, 0.29) is 10.8 Å². The smallest absolute Gasteiger partial charge is 0.244 e. The predicted octanol–water partition coefficient (Wildman–Crippen LogP) is -0.656. The van der Waals surface area contributed by atoms with E-state index < -0.39 is 27.5 Å². The van der Waals surface area contributed by atoms with E-state index in [0.29, 0.717) is 0 Å². The van der Waals surface area contributed by atoms with Gasteiger partial charge >= 0.3 is 0 Å². The summed E-state index contributed by atoms with van der Waals surface area (Å²) in [6.45, 7) is 6.87. The lowest BCUT2D eigenvalue weighted by Gasteiger charge is -2.23. The molecule has 0 spiro atoms. The van der Waals surface area contributed by atoms with Crippen LogP contribution in [-0.2, 0) is 14.8 Å². The molecule has 0 aliphatic heterocycles. The summed E-state index contributed by atoms with van der Waals surface area (Å²) in [5, 5.41) is 2.69. The van der Waals surface area contributed by atoms with Gasteiger partial charge in [0.2, 0.25) is 21.9 Å². The van der Waals surface area contributed by atoms with Gasteiger partial charge in [0, 0.05) is 5.54 Å². The van der Waals surface area contributed by atoms with Crippen molar-refractivity contribution in [2.45, 2.75) is 44.2 Å². The van der Waals surface area contributed by atoms with Gasteiger partial charge in [-0.2, -0.15) is 4.72 Å². The van der Waals surface area contributed by atoms with Gasteiger partial charge in [-0.15, -0.1) is 0 Å². The molecule has 1 aromatic rings. The number of rotatable bonds is 5. The molecule has 1 unspecified atom stereocenters. The molecule has 5 N–H and O–H groups in total.